The van der Waals surface area contributed by atoms with Crippen LogP contribution in [0.3, 0.4) is 0 Å². The van der Waals surface area contributed by atoms with E-state index < -0.39 is 15.5 Å². The fourth-order valence-corrected chi connectivity index (χ4v) is 4.39. The average Bonchev–Trinajstić information content (AvgIpc) is 2.60. The van der Waals surface area contributed by atoms with Crippen molar-refractivity contribution in [1.29, 1.82) is 0 Å². The molecule has 0 bridgehead atoms. The van der Waals surface area contributed by atoms with Crippen molar-refractivity contribution in [1.82, 2.24) is 0 Å². The third-order valence-electron chi connectivity index (χ3n) is 5.56. The first-order valence-electron chi connectivity index (χ1n) is 8.82. The molecule has 0 spiro atoms. The second-order valence-electron chi connectivity index (χ2n) is 6.94. The Morgan fingerprint density at radius 1 is 1.17 bits per heavy atom. The number of rotatable bonds is 7. The lowest BCUT2D eigenvalue weighted by Crippen LogP contribution is -2.37. The first-order chi connectivity index (χ1) is 11.3. The van der Waals surface area contributed by atoms with Crippen LogP contribution >= 0.6 is 0 Å². The Bertz CT molecular complexity index is 653. The molecular weight excluding hydrogens is 324 g/mol. The molecule has 0 aliphatic heterocycles. The van der Waals surface area contributed by atoms with Crippen LogP contribution in [0.15, 0.2) is 29.2 Å². The van der Waals surface area contributed by atoms with Crippen molar-refractivity contribution in [2.24, 2.45) is 11.3 Å². The number of hydrogen-bond acceptors (Lipinski definition) is 4. The summed E-state index contributed by atoms with van der Waals surface area (Å²) >= 11 is 0. The normalized spacial score (nSPS) is 24.7. The minimum atomic E-state index is -3.88. The number of carbonyl (C=O) groups is 1. The quantitative estimate of drug-likeness (QED) is 0.688. The van der Waals surface area contributed by atoms with Crippen LogP contribution in [-0.2, 0) is 19.1 Å². The second kappa shape index (κ2) is 7.79. The molecular formula is C19H28O4S. The molecule has 2 rings (SSSR count). The van der Waals surface area contributed by atoms with Gasteiger partial charge in [-0.2, -0.15) is 8.42 Å². The number of carbonyl (C=O) groups excluding carboxylic acids is 1. The van der Waals surface area contributed by atoms with Crippen molar-refractivity contribution in [3.63, 3.8) is 0 Å². The Morgan fingerprint density at radius 3 is 2.25 bits per heavy atom. The predicted molar refractivity (Wildman–Crippen MR) is 94.3 cm³/mol. The van der Waals surface area contributed by atoms with Crippen molar-refractivity contribution < 1.29 is 17.4 Å². The minimum absolute atomic E-state index is 0.0739. The summed E-state index contributed by atoms with van der Waals surface area (Å²) in [6.45, 7) is 5.72. The van der Waals surface area contributed by atoms with Crippen LogP contribution < -0.4 is 0 Å². The molecule has 5 heteroatoms. The second-order valence-corrected chi connectivity index (χ2v) is 8.55. The first kappa shape index (κ1) is 19.1. The highest BCUT2D eigenvalue weighted by Crippen LogP contribution is 2.43. The van der Waals surface area contributed by atoms with E-state index in [4.69, 9.17) is 4.18 Å². The van der Waals surface area contributed by atoms with E-state index in [0.717, 1.165) is 44.1 Å². The highest BCUT2D eigenvalue weighted by molar-refractivity contribution is 7.86. The average molecular weight is 352 g/mol. The molecule has 0 radical (unpaired) electrons. The maximum absolute atomic E-state index is 12.7. The summed E-state index contributed by atoms with van der Waals surface area (Å²) in [5.74, 6) is 0.616. The van der Waals surface area contributed by atoms with Crippen LogP contribution in [-0.4, -0.2) is 20.8 Å². The molecule has 1 saturated carbocycles. The van der Waals surface area contributed by atoms with Crippen LogP contribution in [0.5, 0.6) is 0 Å². The van der Waals surface area contributed by atoms with Crippen LogP contribution in [0.1, 0.15) is 57.9 Å². The van der Waals surface area contributed by atoms with Gasteiger partial charge in [-0.1, -0.05) is 38.0 Å². The van der Waals surface area contributed by atoms with Crippen molar-refractivity contribution in [3.8, 4) is 0 Å². The monoisotopic (exact) mass is 352 g/mol. The van der Waals surface area contributed by atoms with Crippen LogP contribution in [0, 0.1) is 18.3 Å². The zero-order chi connectivity index (χ0) is 17.8. The molecule has 0 saturated heterocycles. The van der Waals surface area contributed by atoms with Crippen molar-refractivity contribution in [2.45, 2.75) is 64.2 Å². The van der Waals surface area contributed by atoms with E-state index in [0.29, 0.717) is 5.92 Å². The Hall–Kier alpha value is -1.20. The van der Waals surface area contributed by atoms with Crippen LogP contribution in [0.4, 0.5) is 0 Å². The van der Waals surface area contributed by atoms with E-state index in [1.54, 1.807) is 12.1 Å². The molecule has 24 heavy (non-hydrogen) atoms. The largest absolute Gasteiger partial charge is 0.297 e. The minimum Gasteiger partial charge on any atom is -0.296 e. The Kier molecular flexibility index (Phi) is 6.21. The summed E-state index contributed by atoms with van der Waals surface area (Å²) in [6.07, 6.45) is 5.66. The summed E-state index contributed by atoms with van der Waals surface area (Å²) in [4.78, 5) is 12.8. The lowest BCUT2D eigenvalue weighted by atomic mass is 9.66. The molecule has 0 N–H and O–H groups in total. The van der Waals surface area contributed by atoms with Crippen LogP contribution in [0.2, 0.25) is 0 Å². The van der Waals surface area contributed by atoms with Gasteiger partial charge in [0, 0.05) is 5.41 Å². The summed E-state index contributed by atoms with van der Waals surface area (Å²) in [7, 11) is -3.88. The molecule has 1 aliphatic rings. The molecule has 1 aromatic rings. The van der Waals surface area contributed by atoms with Gasteiger partial charge in [0.2, 0.25) is 0 Å². The maximum atomic E-state index is 12.7. The number of benzene rings is 1. The van der Waals surface area contributed by atoms with Crippen molar-refractivity contribution in [2.75, 3.05) is 6.61 Å². The fourth-order valence-electron chi connectivity index (χ4n) is 3.53. The van der Waals surface area contributed by atoms with Gasteiger partial charge in [-0.05, 0) is 57.1 Å². The third kappa shape index (κ3) is 4.25. The molecule has 4 nitrogen and oxygen atoms in total. The van der Waals surface area contributed by atoms with Gasteiger partial charge in [0.15, 0.2) is 5.78 Å². The first-order valence-corrected chi connectivity index (χ1v) is 10.2. The van der Waals surface area contributed by atoms with Crippen molar-refractivity contribution >= 4 is 15.9 Å². The SMILES string of the molecule is CCC1CCC(CC)(C(=O)COS(=O)(=O)c2ccc(C)cc2)CC1. The zero-order valence-corrected chi connectivity index (χ0v) is 15.7. The number of aryl methyl sites for hydroxylation is 1. The van der Waals surface area contributed by atoms with E-state index in [-0.39, 0.29) is 17.3 Å². The zero-order valence-electron chi connectivity index (χ0n) is 14.9. The number of hydrogen-bond donors (Lipinski definition) is 0. The highest BCUT2D eigenvalue weighted by atomic mass is 32.2. The number of Topliss-reactive ketones (excluding diaryl/α,β-unsaturated/α-hetero) is 1. The van der Waals surface area contributed by atoms with Crippen molar-refractivity contribution in [3.05, 3.63) is 29.8 Å². The van der Waals surface area contributed by atoms with Crippen LogP contribution in [0.25, 0.3) is 0 Å². The van der Waals surface area contributed by atoms with Gasteiger partial charge in [-0.25, -0.2) is 0 Å². The summed E-state index contributed by atoms with van der Waals surface area (Å²) < 4.78 is 29.6. The Balaban J connectivity index is 2.02. The molecule has 0 atom stereocenters. The van der Waals surface area contributed by atoms with Gasteiger partial charge >= 0.3 is 0 Å². The molecule has 134 valence electrons. The van der Waals surface area contributed by atoms with E-state index in [2.05, 4.69) is 6.92 Å². The number of ketones is 1. The smallest absolute Gasteiger partial charge is 0.296 e. The highest BCUT2D eigenvalue weighted by Gasteiger charge is 2.40. The third-order valence-corrected chi connectivity index (χ3v) is 6.84. The maximum Gasteiger partial charge on any atom is 0.297 e. The summed E-state index contributed by atoms with van der Waals surface area (Å²) in [6, 6.07) is 6.46. The lowest BCUT2D eigenvalue weighted by Gasteiger charge is -2.38. The van der Waals surface area contributed by atoms with E-state index in [1.165, 1.54) is 12.1 Å². The summed E-state index contributed by atoms with van der Waals surface area (Å²) in [5, 5.41) is 0. The van der Waals surface area contributed by atoms with E-state index >= 15 is 0 Å². The molecule has 0 amide bonds. The van der Waals surface area contributed by atoms with Gasteiger partial charge in [-0.3, -0.25) is 8.98 Å². The van der Waals surface area contributed by atoms with Gasteiger partial charge in [-0.15, -0.1) is 0 Å². The van der Waals surface area contributed by atoms with E-state index in [9.17, 15) is 13.2 Å². The topological polar surface area (TPSA) is 60.4 Å². The fraction of sp³-hybridized carbons (Fsp3) is 0.632. The molecule has 1 aliphatic carbocycles. The van der Waals surface area contributed by atoms with Gasteiger partial charge in [0.1, 0.15) is 6.61 Å². The Morgan fingerprint density at radius 2 is 1.75 bits per heavy atom. The molecule has 0 heterocycles. The van der Waals surface area contributed by atoms with Gasteiger partial charge in [0.05, 0.1) is 4.90 Å². The molecule has 1 aromatic carbocycles. The standard InChI is InChI=1S/C19H28O4S/c1-4-16-10-12-19(5-2,13-11-16)18(20)14-23-24(21,22)17-8-6-15(3)7-9-17/h6-9,16H,4-5,10-14H2,1-3H3. The molecule has 1 fully saturated rings. The molecule has 0 unspecified atom stereocenters. The predicted octanol–water partition coefficient (Wildman–Crippen LogP) is 4.27. The van der Waals surface area contributed by atoms with E-state index in [1.807, 2.05) is 13.8 Å². The molecule has 0 aromatic heterocycles. The Labute approximate surface area is 145 Å². The summed E-state index contributed by atoms with van der Waals surface area (Å²) in [5.41, 5.74) is 0.566. The lowest BCUT2D eigenvalue weighted by molar-refractivity contribution is -0.133. The van der Waals surface area contributed by atoms with Gasteiger partial charge < -0.3 is 0 Å². The van der Waals surface area contributed by atoms with Gasteiger partial charge in [0.25, 0.3) is 10.1 Å².